The van der Waals surface area contributed by atoms with Crippen molar-refractivity contribution in [3.05, 3.63) is 11.6 Å². The Morgan fingerprint density at radius 2 is 2.13 bits per heavy atom. The molecule has 1 N–H and O–H groups in total. The summed E-state index contributed by atoms with van der Waals surface area (Å²) in [6.45, 7) is 13.9. The van der Waals surface area contributed by atoms with Crippen molar-refractivity contribution in [1.82, 2.24) is 15.1 Å². The van der Waals surface area contributed by atoms with Gasteiger partial charge in [-0.1, -0.05) is 32.4 Å². The Kier molecular flexibility index (Phi) is 5.12. The Morgan fingerprint density at radius 3 is 2.74 bits per heavy atom. The Morgan fingerprint density at radius 1 is 1.39 bits per heavy atom. The van der Waals surface area contributed by atoms with Crippen molar-refractivity contribution in [3.8, 4) is 0 Å². The molecule has 3 aliphatic carbocycles. The van der Waals surface area contributed by atoms with Crippen LogP contribution in [0.15, 0.2) is 11.6 Å². The number of nitrogens with zero attached hydrogens (tertiary/aromatic N) is 2. The second-order valence-electron chi connectivity index (χ2n) is 8.08. The predicted octanol–water partition coefficient (Wildman–Crippen LogP) is 2.12. The molecule has 4 aliphatic rings. The molecule has 1 amide bonds. The van der Waals surface area contributed by atoms with Crippen LogP contribution in [0.1, 0.15) is 40.0 Å². The molecular weight excluding hydrogens is 286 g/mol. The third-order valence-electron chi connectivity index (χ3n) is 6.51. The number of amides is 1. The first-order chi connectivity index (χ1) is 11.0. The number of allylic oxidation sites excluding steroid dienone is 1. The zero-order valence-electron chi connectivity index (χ0n) is 15.1. The normalized spacial score (nSPS) is 29.6. The summed E-state index contributed by atoms with van der Waals surface area (Å²) in [4.78, 5) is 17.0. The summed E-state index contributed by atoms with van der Waals surface area (Å²) in [6.07, 6.45) is 5.60. The molecule has 1 heterocycles. The molecule has 4 nitrogen and oxygen atoms in total. The van der Waals surface area contributed by atoms with E-state index in [2.05, 4.69) is 35.0 Å². The van der Waals surface area contributed by atoms with E-state index in [0.29, 0.717) is 23.7 Å². The molecule has 130 valence electrons. The van der Waals surface area contributed by atoms with E-state index in [1.807, 2.05) is 6.92 Å². The van der Waals surface area contributed by atoms with Crippen molar-refractivity contribution in [2.45, 2.75) is 40.0 Å². The number of fused-ring (bicyclic) bond motifs is 1. The van der Waals surface area contributed by atoms with Crippen LogP contribution in [0, 0.1) is 17.3 Å². The maximum Gasteiger partial charge on any atom is 0.222 e. The summed E-state index contributed by atoms with van der Waals surface area (Å²) < 4.78 is 0. The average Bonchev–Trinajstić information content (AvgIpc) is 2.58. The van der Waals surface area contributed by atoms with Crippen molar-refractivity contribution in [2.75, 3.05) is 45.8 Å². The quantitative estimate of drug-likeness (QED) is 0.762. The number of carbonyl (C=O) groups is 1. The number of hydrogen-bond donors (Lipinski definition) is 1. The van der Waals surface area contributed by atoms with Crippen molar-refractivity contribution in [3.63, 3.8) is 0 Å². The molecule has 0 aromatic carbocycles. The Hall–Kier alpha value is -0.870. The lowest BCUT2D eigenvalue weighted by molar-refractivity contribution is -0.131. The van der Waals surface area contributed by atoms with E-state index in [-0.39, 0.29) is 0 Å². The zero-order chi connectivity index (χ0) is 16.4. The lowest BCUT2D eigenvalue weighted by Gasteiger charge is -2.57. The molecule has 4 heteroatoms. The molecule has 2 fully saturated rings. The average molecular weight is 319 g/mol. The van der Waals surface area contributed by atoms with Crippen LogP contribution in [0.3, 0.4) is 0 Å². The van der Waals surface area contributed by atoms with E-state index in [0.717, 1.165) is 51.7 Å². The molecule has 1 aliphatic heterocycles. The van der Waals surface area contributed by atoms with E-state index in [1.54, 1.807) is 0 Å². The summed E-state index contributed by atoms with van der Waals surface area (Å²) in [7, 11) is 0. The zero-order valence-corrected chi connectivity index (χ0v) is 15.1. The first kappa shape index (κ1) is 17.0. The predicted molar refractivity (Wildman–Crippen MR) is 94.3 cm³/mol. The first-order valence-electron chi connectivity index (χ1n) is 9.42. The highest BCUT2D eigenvalue weighted by molar-refractivity contribution is 5.76. The summed E-state index contributed by atoms with van der Waals surface area (Å²) >= 11 is 0. The molecule has 1 saturated heterocycles. The summed E-state index contributed by atoms with van der Waals surface area (Å²) in [6, 6.07) is 0. The van der Waals surface area contributed by atoms with Crippen molar-refractivity contribution in [1.29, 1.82) is 0 Å². The number of nitrogens with one attached hydrogen (secondary N) is 1. The fourth-order valence-electron chi connectivity index (χ4n) is 4.59. The second kappa shape index (κ2) is 6.94. The van der Waals surface area contributed by atoms with Crippen LogP contribution in [0.5, 0.6) is 0 Å². The molecule has 0 radical (unpaired) electrons. The van der Waals surface area contributed by atoms with Crippen LogP contribution in [0.25, 0.3) is 0 Å². The summed E-state index contributed by atoms with van der Waals surface area (Å²) in [5, 5.41) is 3.39. The van der Waals surface area contributed by atoms with E-state index >= 15 is 0 Å². The third kappa shape index (κ3) is 3.48. The molecule has 0 spiro atoms. The van der Waals surface area contributed by atoms with Gasteiger partial charge in [0.1, 0.15) is 0 Å². The molecule has 2 bridgehead atoms. The van der Waals surface area contributed by atoms with Gasteiger partial charge in [0, 0.05) is 52.2 Å². The second-order valence-corrected chi connectivity index (χ2v) is 8.08. The van der Waals surface area contributed by atoms with Crippen LogP contribution >= 0.6 is 0 Å². The fraction of sp³-hybridized carbons (Fsp3) is 0.842. The first-order valence-corrected chi connectivity index (χ1v) is 9.42. The lowest BCUT2D eigenvalue weighted by atomic mass is 9.49. The smallest absolute Gasteiger partial charge is 0.222 e. The highest BCUT2D eigenvalue weighted by Gasteiger charge is 2.51. The van der Waals surface area contributed by atoms with Gasteiger partial charge in [0.2, 0.25) is 5.91 Å². The Labute approximate surface area is 141 Å². The molecule has 1 saturated carbocycles. The van der Waals surface area contributed by atoms with Crippen LogP contribution in [-0.4, -0.2) is 61.5 Å². The van der Waals surface area contributed by atoms with Crippen molar-refractivity contribution in [2.24, 2.45) is 17.3 Å². The van der Waals surface area contributed by atoms with E-state index in [4.69, 9.17) is 0 Å². The van der Waals surface area contributed by atoms with Gasteiger partial charge < -0.3 is 10.2 Å². The maximum absolute atomic E-state index is 12.4. The van der Waals surface area contributed by atoms with Gasteiger partial charge in [-0.25, -0.2) is 0 Å². The Bertz CT molecular complexity index is 465. The van der Waals surface area contributed by atoms with Gasteiger partial charge in [-0.15, -0.1) is 0 Å². The molecule has 2 atom stereocenters. The van der Waals surface area contributed by atoms with Gasteiger partial charge >= 0.3 is 0 Å². The van der Waals surface area contributed by atoms with Gasteiger partial charge in [-0.2, -0.15) is 0 Å². The highest BCUT2D eigenvalue weighted by atomic mass is 16.2. The number of hydrogen-bond acceptors (Lipinski definition) is 3. The van der Waals surface area contributed by atoms with Crippen LogP contribution in [0.4, 0.5) is 0 Å². The minimum absolute atomic E-state index is 0.306. The van der Waals surface area contributed by atoms with Gasteiger partial charge in [-0.3, -0.25) is 9.69 Å². The molecule has 4 rings (SSSR count). The molecule has 23 heavy (non-hydrogen) atoms. The topological polar surface area (TPSA) is 35.6 Å². The summed E-state index contributed by atoms with van der Waals surface area (Å²) in [5.41, 5.74) is 1.98. The number of rotatable bonds is 6. The number of carbonyl (C=O) groups excluding carboxylic acids is 1. The molecule has 0 aromatic rings. The molecular formula is C19H33N3O. The van der Waals surface area contributed by atoms with E-state index in [1.165, 1.54) is 18.4 Å². The minimum Gasteiger partial charge on any atom is -0.337 e. The van der Waals surface area contributed by atoms with Crippen LogP contribution in [0.2, 0.25) is 0 Å². The van der Waals surface area contributed by atoms with E-state index < -0.39 is 0 Å². The summed E-state index contributed by atoms with van der Waals surface area (Å²) in [5.74, 6) is 1.88. The lowest BCUT2D eigenvalue weighted by Crippen LogP contribution is -2.51. The van der Waals surface area contributed by atoms with Gasteiger partial charge in [0.25, 0.3) is 0 Å². The van der Waals surface area contributed by atoms with Crippen LogP contribution < -0.4 is 5.32 Å². The van der Waals surface area contributed by atoms with Gasteiger partial charge in [0.05, 0.1) is 0 Å². The third-order valence-corrected chi connectivity index (χ3v) is 6.51. The Balaban J connectivity index is 1.58. The maximum atomic E-state index is 12.4. The fourth-order valence-corrected chi connectivity index (χ4v) is 4.59. The standard InChI is InChI=1S/C19H33N3O/c1-4-18(23)22(12-11-21-9-7-20-8-10-21)14-15-5-6-16-13-17(15)19(16,2)3/h5,16-17,20H,4,6-14H2,1-3H3. The van der Waals surface area contributed by atoms with Crippen molar-refractivity contribution >= 4 is 5.91 Å². The highest BCUT2D eigenvalue weighted by Crippen LogP contribution is 2.59. The largest absolute Gasteiger partial charge is 0.337 e. The van der Waals surface area contributed by atoms with Gasteiger partial charge in [-0.05, 0) is 30.1 Å². The number of piperazine rings is 1. The molecule has 2 unspecified atom stereocenters. The monoisotopic (exact) mass is 319 g/mol. The minimum atomic E-state index is 0.306. The van der Waals surface area contributed by atoms with Crippen LogP contribution in [-0.2, 0) is 4.79 Å². The molecule has 0 aromatic heterocycles. The SMILES string of the molecule is CCC(=O)N(CCN1CCNCC1)CC1=CCC2CC1C2(C)C. The van der Waals surface area contributed by atoms with E-state index in [9.17, 15) is 4.79 Å². The van der Waals surface area contributed by atoms with Gasteiger partial charge in [0.15, 0.2) is 0 Å². The van der Waals surface area contributed by atoms with Crippen molar-refractivity contribution < 1.29 is 4.79 Å².